The number of hydrogen-bond donors (Lipinski definition) is 0. The first-order chi connectivity index (χ1) is 7.57. The molecule has 0 saturated heterocycles. The third kappa shape index (κ3) is 2.81. The summed E-state index contributed by atoms with van der Waals surface area (Å²) >= 11 is 0. The Morgan fingerprint density at radius 3 is 2.75 bits per heavy atom. The van der Waals surface area contributed by atoms with E-state index < -0.39 is 5.82 Å². The van der Waals surface area contributed by atoms with E-state index >= 15 is 0 Å². The van der Waals surface area contributed by atoms with Crippen molar-refractivity contribution in [2.45, 2.75) is 26.7 Å². The van der Waals surface area contributed by atoms with E-state index in [4.69, 9.17) is 0 Å². The molecule has 16 heavy (non-hydrogen) atoms. The zero-order valence-corrected chi connectivity index (χ0v) is 10.1. The molecule has 0 bridgehead atoms. The van der Waals surface area contributed by atoms with Crippen molar-refractivity contribution in [3.8, 4) is 0 Å². The molecule has 3 heteroatoms. The van der Waals surface area contributed by atoms with Gasteiger partial charge in [-0.2, -0.15) is 0 Å². The molecule has 88 valence electrons. The van der Waals surface area contributed by atoms with E-state index in [1.165, 1.54) is 6.07 Å². The molecule has 1 aromatic rings. The van der Waals surface area contributed by atoms with E-state index in [-0.39, 0.29) is 11.5 Å². The second kappa shape index (κ2) is 5.64. The lowest BCUT2D eigenvalue weighted by Crippen LogP contribution is -2.28. The molecule has 0 saturated carbocycles. The number of carbonyl (C=O) groups excluding carboxylic acids is 1. The van der Waals surface area contributed by atoms with Gasteiger partial charge in [-0.1, -0.05) is 25.5 Å². The molecule has 0 spiro atoms. The summed E-state index contributed by atoms with van der Waals surface area (Å²) in [6.07, 6.45) is 1.96. The van der Waals surface area contributed by atoms with E-state index in [2.05, 4.69) is 6.92 Å². The second-order valence-corrected chi connectivity index (χ2v) is 4.02. The van der Waals surface area contributed by atoms with Crippen LogP contribution < -0.4 is 0 Å². The summed E-state index contributed by atoms with van der Waals surface area (Å²) in [6, 6.07) is 4.91. The summed E-state index contributed by atoms with van der Waals surface area (Å²) in [5.74, 6) is -0.648. The largest absolute Gasteiger partial charge is 0.342 e. The number of amides is 1. The number of carbonyl (C=O) groups is 1. The van der Waals surface area contributed by atoms with Crippen molar-refractivity contribution in [1.29, 1.82) is 0 Å². The number of benzene rings is 1. The van der Waals surface area contributed by atoms with Gasteiger partial charge in [-0.05, 0) is 25.0 Å². The molecule has 0 N–H and O–H groups in total. The topological polar surface area (TPSA) is 20.3 Å². The zero-order chi connectivity index (χ0) is 12.1. The van der Waals surface area contributed by atoms with Gasteiger partial charge in [-0.3, -0.25) is 4.79 Å². The minimum atomic E-state index is -0.407. The molecular weight excluding hydrogens is 205 g/mol. The van der Waals surface area contributed by atoms with Crippen LogP contribution in [0, 0.1) is 12.7 Å². The van der Waals surface area contributed by atoms with Crippen LogP contribution in [-0.2, 0) is 0 Å². The average molecular weight is 223 g/mol. The molecule has 0 radical (unpaired) electrons. The maximum atomic E-state index is 13.7. The van der Waals surface area contributed by atoms with Crippen LogP contribution in [0.15, 0.2) is 18.2 Å². The maximum absolute atomic E-state index is 13.7. The third-order valence-corrected chi connectivity index (χ3v) is 2.62. The summed E-state index contributed by atoms with van der Waals surface area (Å²) in [5, 5.41) is 0. The summed E-state index contributed by atoms with van der Waals surface area (Å²) in [4.78, 5) is 13.5. The molecule has 1 amide bonds. The quantitative estimate of drug-likeness (QED) is 0.768. The Hall–Kier alpha value is -1.38. The van der Waals surface area contributed by atoms with Crippen molar-refractivity contribution in [2.75, 3.05) is 13.6 Å². The standard InChI is InChI=1S/C13H18FNO/c1-4-5-9-15(3)13(16)11-8-6-7-10(2)12(11)14/h6-8H,4-5,9H2,1-3H3. The van der Waals surface area contributed by atoms with E-state index in [0.29, 0.717) is 12.1 Å². The van der Waals surface area contributed by atoms with Gasteiger partial charge in [0.05, 0.1) is 5.56 Å². The van der Waals surface area contributed by atoms with Crippen molar-refractivity contribution in [3.63, 3.8) is 0 Å². The highest BCUT2D eigenvalue weighted by molar-refractivity contribution is 5.94. The normalized spacial score (nSPS) is 10.2. The average Bonchev–Trinajstić information content (AvgIpc) is 2.28. The fourth-order valence-corrected chi connectivity index (χ4v) is 1.52. The number of unbranched alkanes of at least 4 members (excludes halogenated alkanes) is 1. The number of rotatable bonds is 4. The summed E-state index contributed by atoms with van der Waals surface area (Å²) < 4.78 is 13.7. The minimum Gasteiger partial charge on any atom is -0.342 e. The number of nitrogens with zero attached hydrogens (tertiary/aromatic N) is 1. The van der Waals surface area contributed by atoms with Gasteiger partial charge in [0.2, 0.25) is 0 Å². The third-order valence-electron chi connectivity index (χ3n) is 2.62. The lowest BCUT2D eigenvalue weighted by Gasteiger charge is -2.17. The predicted molar refractivity (Wildman–Crippen MR) is 63.0 cm³/mol. The van der Waals surface area contributed by atoms with E-state index in [0.717, 1.165) is 12.8 Å². The van der Waals surface area contributed by atoms with Gasteiger partial charge in [0, 0.05) is 13.6 Å². The first kappa shape index (κ1) is 12.7. The molecule has 0 atom stereocenters. The molecule has 0 aliphatic carbocycles. The molecule has 0 fully saturated rings. The molecule has 0 aliphatic heterocycles. The SMILES string of the molecule is CCCCN(C)C(=O)c1cccc(C)c1F. The zero-order valence-electron chi connectivity index (χ0n) is 10.1. The van der Waals surface area contributed by atoms with Crippen LogP contribution in [0.5, 0.6) is 0 Å². The van der Waals surface area contributed by atoms with Crippen molar-refractivity contribution in [2.24, 2.45) is 0 Å². The molecule has 0 aromatic heterocycles. The highest BCUT2D eigenvalue weighted by Crippen LogP contribution is 2.13. The molecule has 0 aliphatic rings. The second-order valence-electron chi connectivity index (χ2n) is 4.02. The number of aryl methyl sites for hydroxylation is 1. The van der Waals surface area contributed by atoms with Crippen LogP contribution in [0.2, 0.25) is 0 Å². The van der Waals surface area contributed by atoms with Gasteiger partial charge in [0.15, 0.2) is 0 Å². The Balaban J connectivity index is 2.84. The lowest BCUT2D eigenvalue weighted by atomic mass is 10.1. The molecule has 1 rings (SSSR count). The molecule has 0 unspecified atom stereocenters. The summed E-state index contributed by atoms with van der Waals surface area (Å²) in [6.45, 7) is 4.40. The van der Waals surface area contributed by atoms with Crippen molar-refractivity contribution in [3.05, 3.63) is 35.1 Å². The fraction of sp³-hybridized carbons (Fsp3) is 0.462. The van der Waals surface area contributed by atoms with Gasteiger partial charge in [0.25, 0.3) is 5.91 Å². The van der Waals surface area contributed by atoms with E-state index in [1.807, 2.05) is 0 Å². The van der Waals surface area contributed by atoms with Crippen LogP contribution in [0.3, 0.4) is 0 Å². The van der Waals surface area contributed by atoms with Crippen LogP contribution in [0.1, 0.15) is 35.7 Å². The van der Waals surface area contributed by atoms with Crippen LogP contribution in [0.4, 0.5) is 4.39 Å². The van der Waals surface area contributed by atoms with E-state index in [1.54, 1.807) is 31.0 Å². The van der Waals surface area contributed by atoms with Gasteiger partial charge in [-0.15, -0.1) is 0 Å². The highest BCUT2D eigenvalue weighted by Gasteiger charge is 2.16. The first-order valence-electron chi connectivity index (χ1n) is 5.58. The number of halogens is 1. The minimum absolute atomic E-state index is 0.165. The maximum Gasteiger partial charge on any atom is 0.256 e. The molecule has 0 heterocycles. The Morgan fingerprint density at radius 1 is 1.44 bits per heavy atom. The first-order valence-corrected chi connectivity index (χ1v) is 5.58. The smallest absolute Gasteiger partial charge is 0.256 e. The summed E-state index contributed by atoms with van der Waals surface area (Å²) in [7, 11) is 1.71. The van der Waals surface area contributed by atoms with E-state index in [9.17, 15) is 9.18 Å². The van der Waals surface area contributed by atoms with Gasteiger partial charge in [-0.25, -0.2) is 4.39 Å². The van der Waals surface area contributed by atoms with Crippen LogP contribution >= 0.6 is 0 Å². The van der Waals surface area contributed by atoms with Gasteiger partial charge >= 0.3 is 0 Å². The monoisotopic (exact) mass is 223 g/mol. The molecular formula is C13H18FNO. The van der Waals surface area contributed by atoms with Gasteiger partial charge < -0.3 is 4.90 Å². The Kier molecular flexibility index (Phi) is 4.47. The fourth-order valence-electron chi connectivity index (χ4n) is 1.52. The highest BCUT2D eigenvalue weighted by atomic mass is 19.1. The predicted octanol–water partition coefficient (Wildman–Crippen LogP) is 3.01. The van der Waals surface area contributed by atoms with Crippen LogP contribution in [0.25, 0.3) is 0 Å². The van der Waals surface area contributed by atoms with Gasteiger partial charge in [0.1, 0.15) is 5.82 Å². The summed E-state index contributed by atoms with van der Waals surface area (Å²) in [5.41, 5.74) is 0.674. The Bertz CT molecular complexity index is 376. The molecule has 1 aromatic carbocycles. The van der Waals surface area contributed by atoms with Crippen LogP contribution in [-0.4, -0.2) is 24.4 Å². The Labute approximate surface area is 96.1 Å². The molecule has 2 nitrogen and oxygen atoms in total. The Morgan fingerprint density at radius 2 is 2.12 bits per heavy atom. The van der Waals surface area contributed by atoms with Crippen molar-refractivity contribution < 1.29 is 9.18 Å². The lowest BCUT2D eigenvalue weighted by molar-refractivity contribution is 0.0788. The number of hydrogen-bond acceptors (Lipinski definition) is 1. The van der Waals surface area contributed by atoms with Crippen molar-refractivity contribution >= 4 is 5.91 Å². The van der Waals surface area contributed by atoms with Crippen molar-refractivity contribution in [1.82, 2.24) is 4.90 Å².